The Morgan fingerprint density at radius 1 is 0.850 bits per heavy atom. The number of urea groups is 1. The van der Waals surface area contributed by atoms with E-state index in [1.165, 1.54) is 0 Å². The van der Waals surface area contributed by atoms with Gasteiger partial charge in [-0.05, 0) is 53.0 Å². The molecule has 8 heteroatoms. The number of nitrogens with one attached hydrogen (secondary N) is 1. The largest absolute Gasteiger partial charge is 0.493 e. The summed E-state index contributed by atoms with van der Waals surface area (Å²) in [5.74, 6) is -0.117. The van der Waals surface area contributed by atoms with E-state index >= 15 is 0 Å². The van der Waals surface area contributed by atoms with Gasteiger partial charge in [0.2, 0.25) is 0 Å². The second kappa shape index (κ2) is 10.2. The number of hydrogen-bond acceptors (Lipinski definition) is 6. The van der Waals surface area contributed by atoms with Crippen LogP contribution in [-0.2, 0) is 22.6 Å². The van der Waals surface area contributed by atoms with Gasteiger partial charge >= 0.3 is 6.03 Å². The van der Waals surface area contributed by atoms with E-state index in [0.717, 1.165) is 38.4 Å². The van der Waals surface area contributed by atoms with Gasteiger partial charge in [-0.3, -0.25) is 19.8 Å². The highest BCUT2D eigenvalue weighted by atomic mass is 16.5. The normalized spacial score (nSPS) is 18.4. The molecule has 0 aliphatic carbocycles. The van der Waals surface area contributed by atoms with Crippen molar-refractivity contribution in [1.82, 2.24) is 15.1 Å². The van der Waals surface area contributed by atoms with Crippen LogP contribution in [0.4, 0.5) is 4.79 Å². The fourth-order valence-corrected chi connectivity index (χ4v) is 5.38. The molecular formula is C32H27N3O5. The Morgan fingerprint density at radius 2 is 1.52 bits per heavy atom. The summed E-state index contributed by atoms with van der Waals surface area (Å²) in [4.78, 5) is 43.0. The van der Waals surface area contributed by atoms with E-state index in [1.54, 1.807) is 14.2 Å². The minimum atomic E-state index is -0.733. The van der Waals surface area contributed by atoms with Gasteiger partial charge in [-0.25, -0.2) is 4.79 Å². The molecule has 0 bridgehead atoms. The highest BCUT2D eigenvalue weighted by Gasteiger charge is 2.40. The molecule has 1 saturated heterocycles. The molecule has 4 amide bonds. The van der Waals surface area contributed by atoms with Crippen molar-refractivity contribution in [1.29, 1.82) is 0 Å². The number of fused-ring (bicyclic) bond motifs is 3. The summed E-state index contributed by atoms with van der Waals surface area (Å²) in [7, 11) is 3.19. The number of methoxy groups -OCH3 is 2. The van der Waals surface area contributed by atoms with Crippen molar-refractivity contribution in [2.45, 2.75) is 13.0 Å². The van der Waals surface area contributed by atoms with Gasteiger partial charge in [0.15, 0.2) is 11.5 Å². The van der Waals surface area contributed by atoms with Gasteiger partial charge in [0.05, 0.1) is 26.5 Å². The van der Waals surface area contributed by atoms with Gasteiger partial charge in [-0.15, -0.1) is 0 Å². The quantitative estimate of drug-likeness (QED) is 0.383. The molecule has 40 heavy (non-hydrogen) atoms. The second-order valence-electron chi connectivity index (χ2n) is 9.66. The fraction of sp³-hybridized carbons (Fsp3) is 0.156. The van der Waals surface area contributed by atoms with Gasteiger partial charge in [0, 0.05) is 17.8 Å². The predicted molar refractivity (Wildman–Crippen MR) is 150 cm³/mol. The van der Waals surface area contributed by atoms with Crippen LogP contribution < -0.4 is 14.8 Å². The number of ether oxygens (including phenoxy) is 2. The molecule has 3 aliphatic heterocycles. The molecule has 3 heterocycles. The summed E-state index contributed by atoms with van der Waals surface area (Å²) < 4.78 is 11.1. The lowest BCUT2D eigenvalue weighted by Gasteiger charge is -2.39. The predicted octanol–water partition coefficient (Wildman–Crippen LogP) is 4.53. The molecule has 0 radical (unpaired) electrons. The van der Waals surface area contributed by atoms with Crippen LogP contribution in [0, 0.1) is 0 Å². The molecule has 0 atom stereocenters. The topological polar surface area (TPSA) is 88.2 Å². The Morgan fingerprint density at radius 3 is 2.23 bits per heavy atom. The number of carbonyl (C=O) groups is 3. The summed E-state index contributed by atoms with van der Waals surface area (Å²) >= 11 is 0. The number of carbonyl (C=O) groups excluding carboxylic acids is 3. The van der Waals surface area contributed by atoms with Crippen LogP contribution >= 0.6 is 0 Å². The van der Waals surface area contributed by atoms with Gasteiger partial charge in [0.1, 0.15) is 5.57 Å². The molecule has 1 N–H and O–H groups in total. The first-order valence-corrected chi connectivity index (χ1v) is 13.0. The van der Waals surface area contributed by atoms with Crippen molar-refractivity contribution < 1.29 is 23.9 Å². The van der Waals surface area contributed by atoms with Crippen molar-refractivity contribution in [3.8, 4) is 11.5 Å². The molecular weight excluding hydrogens is 506 g/mol. The first kappa shape index (κ1) is 25.2. The molecule has 0 saturated carbocycles. The standard InChI is InChI=1S/C32H27N3O5/c1-39-27-17-22-13-14-34-25(24(22)18-28(27)40-2)15-23(21-11-7-4-8-12-21)16-26(34)29-30(36)33-32(38)35(31(29)37)19-20-9-5-3-6-10-20/h3-12,15-18H,13-14,19H2,1-2H3,(H,33,36,38)/b29-26-. The third kappa shape index (κ3) is 4.33. The number of nitrogens with zero attached hydrogens (tertiary/aromatic N) is 2. The molecule has 0 unspecified atom stereocenters. The highest BCUT2D eigenvalue weighted by Crippen LogP contribution is 2.43. The van der Waals surface area contributed by atoms with Crippen LogP contribution in [0.1, 0.15) is 22.3 Å². The van der Waals surface area contributed by atoms with Crippen LogP contribution in [0.25, 0.3) is 11.3 Å². The van der Waals surface area contributed by atoms with E-state index in [9.17, 15) is 14.4 Å². The molecule has 8 nitrogen and oxygen atoms in total. The fourth-order valence-electron chi connectivity index (χ4n) is 5.38. The van der Waals surface area contributed by atoms with Crippen LogP contribution in [0.3, 0.4) is 0 Å². The first-order chi connectivity index (χ1) is 19.5. The minimum absolute atomic E-state index is 0.0490. The molecule has 200 valence electrons. The maximum Gasteiger partial charge on any atom is 0.331 e. The van der Waals surface area contributed by atoms with Crippen molar-refractivity contribution in [3.05, 3.63) is 118 Å². The van der Waals surface area contributed by atoms with Gasteiger partial charge in [-0.1, -0.05) is 60.7 Å². The van der Waals surface area contributed by atoms with E-state index in [-0.39, 0.29) is 12.1 Å². The van der Waals surface area contributed by atoms with Crippen molar-refractivity contribution in [2.24, 2.45) is 0 Å². The molecule has 0 aromatic heterocycles. The molecule has 6 rings (SSSR count). The lowest BCUT2D eigenvalue weighted by atomic mass is 9.88. The Balaban J connectivity index is 1.52. The van der Waals surface area contributed by atoms with E-state index in [1.807, 2.05) is 83.8 Å². The number of imide groups is 2. The van der Waals surface area contributed by atoms with E-state index in [4.69, 9.17) is 9.47 Å². The summed E-state index contributed by atoms with van der Waals surface area (Å²) in [6.45, 7) is 0.576. The molecule has 3 aromatic rings. The van der Waals surface area contributed by atoms with Crippen molar-refractivity contribution in [3.63, 3.8) is 0 Å². The maximum atomic E-state index is 13.9. The monoisotopic (exact) mass is 533 g/mol. The van der Waals surface area contributed by atoms with E-state index < -0.39 is 17.8 Å². The highest BCUT2D eigenvalue weighted by molar-refractivity contribution is 6.29. The smallest absolute Gasteiger partial charge is 0.331 e. The summed E-state index contributed by atoms with van der Waals surface area (Å²) in [6, 6.07) is 22.2. The minimum Gasteiger partial charge on any atom is -0.493 e. The van der Waals surface area contributed by atoms with E-state index in [0.29, 0.717) is 30.2 Å². The summed E-state index contributed by atoms with van der Waals surface area (Å²) in [5, 5.41) is 2.39. The van der Waals surface area contributed by atoms with Gasteiger partial charge in [-0.2, -0.15) is 0 Å². The number of rotatable bonds is 5. The number of amides is 4. The van der Waals surface area contributed by atoms with Crippen LogP contribution in [0.5, 0.6) is 11.5 Å². The Labute approximate surface area is 231 Å². The van der Waals surface area contributed by atoms with Crippen LogP contribution in [-0.4, -0.2) is 48.4 Å². The lowest BCUT2D eigenvalue weighted by molar-refractivity contribution is -0.130. The van der Waals surface area contributed by atoms with Crippen LogP contribution in [0.15, 0.2) is 96.2 Å². The zero-order chi connectivity index (χ0) is 27.8. The number of barbiturate groups is 1. The van der Waals surface area contributed by atoms with Gasteiger partial charge < -0.3 is 14.4 Å². The average Bonchev–Trinajstić information content (AvgIpc) is 2.99. The maximum absolute atomic E-state index is 13.9. The Kier molecular flexibility index (Phi) is 6.43. The van der Waals surface area contributed by atoms with Gasteiger partial charge in [0.25, 0.3) is 11.8 Å². The SMILES string of the molecule is COc1cc2c(cc1OC)C1=CC(c3ccccc3)=C/C(=C3\C(=O)NC(=O)N(Cc4ccccc4)C3=O)N1CC2. The molecule has 3 aliphatic rings. The third-order valence-corrected chi connectivity index (χ3v) is 7.35. The first-order valence-electron chi connectivity index (χ1n) is 13.0. The summed E-state index contributed by atoms with van der Waals surface area (Å²) in [6.07, 6.45) is 4.57. The zero-order valence-electron chi connectivity index (χ0n) is 22.1. The molecule has 0 spiro atoms. The lowest BCUT2D eigenvalue weighted by Crippen LogP contribution is -2.54. The number of allylic oxidation sites excluding steroid dienone is 3. The molecule has 1 fully saturated rings. The zero-order valence-corrected chi connectivity index (χ0v) is 22.1. The molecule has 3 aromatic carbocycles. The second-order valence-corrected chi connectivity index (χ2v) is 9.66. The number of hydrogen-bond donors (Lipinski definition) is 1. The Bertz CT molecular complexity index is 1620. The van der Waals surface area contributed by atoms with Crippen molar-refractivity contribution >= 4 is 29.1 Å². The Hall–Kier alpha value is -5.11. The van der Waals surface area contributed by atoms with Crippen LogP contribution in [0.2, 0.25) is 0 Å². The third-order valence-electron chi connectivity index (χ3n) is 7.35. The summed E-state index contributed by atoms with van der Waals surface area (Å²) in [5.41, 5.74) is 5.75. The van der Waals surface area contributed by atoms with Crippen molar-refractivity contribution in [2.75, 3.05) is 20.8 Å². The average molecular weight is 534 g/mol. The number of benzene rings is 3. The van der Waals surface area contributed by atoms with E-state index in [2.05, 4.69) is 11.4 Å².